The van der Waals surface area contributed by atoms with Crippen molar-refractivity contribution >= 4 is 11.9 Å². The van der Waals surface area contributed by atoms with Gasteiger partial charge in [0, 0.05) is 18.0 Å². The summed E-state index contributed by atoms with van der Waals surface area (Å²) in [7, 11) is 0. The molecule has 0 amide bonds. The fraction of sp³-hybridized carbons (Fsp3) is 0.0833. The van der Waals surface area contributed by atoms with Crippen molar-refractivity contribution < 1.29 is 18.7 Å². The van der Waals surface area contributed by atoms with Crippen LogP contribution in [0.15, 0.2) is 30.6 Å². The Kier molecular flexibility index (Phi) is 3.65. The maximum atomic E-state index is 13.1. The fourth-order valence-corrected chi connectivity index (χ4v) is 1.40. The number of aliphatic carboxylic acids is 1. The molecular weight excluding hydrogens is 256 g/mol. The molecule has 2 aromatic rings. The van der Waals surface area contributed by atoms with E-state index in [0.29, 0.717) is 11.1 Å². The van der Waals surface area contributed by atoms with Gasteiger partial charge in [-0.2, -0.15) is 0 Å². The molecular formula is C12H9F2N3O2. The van der Waals surface area contributed by atoms with Crippen molar-refractivity contribution in [1.82, 2.24) is 9.97 Å². The lowest BCUT2D eigenvalue weighted by molar-refractivity contribution is -0.134. The summed E-state index contributed by atoms with van der Waals surface area (Å²) in [6, 6.07) is 3.46. The minimum Gasteiger partial charge on any atom is -0.480 e. The molecule has 0 spiro atoms. The van der Waals surface area contributed by atoms with Gasteiger partial charge >= 0.3 is 5.97 Å². The van der Waals surface area contributed by atoms with E-state index in [-0.39, 0.29) is 12.5 Å². The molecule has 0 saturated heterocycles. The number of anilines is 1. The molecule has 0 radical (unpaired) electrons. The third kappa shape index (κ3) is 3.21. The molecule has 0 fully saturated rings. The second kappa shape index (κ2) is 5.38. The summed E-state index contributed by atoms with van der Waals surface area (Å²) in [4.78, 5) is 18.1. The molecule has 1 heterocycles. The average Bonchev–Trinajstić information content (AvgIpc) is 2.40. The van der Waals surface area contributed by atoms with E-state index < -0.39 is 17.6 Å². The van der Waals surface area contributed by atoms with Gasteiger partial charge in [-0.1, -0.05) is 6.07 Å². The molecule has 2 N–H and O–H groups in total. The van der Waals surface area contributed by atoms with E-state index in [1.165, 1.54) is 18.5 Å². The predicted octanol–water partition coefficient (Wildman–Crippen LogP) is 1.92. The Morgan fingerprint density at radius 3 is 2.42 bits per heavy atom. The van der Waals surface area contributed by atoms with Gasteiger partial charge in [0.15, 0.2) is 11.6 Å². The molecule has 19 heavy (non-hydrogen) atoms. The number of carboxylic acid groups (broad SMARTS) is 1. The molecule has 0 atom stereocenters. The fourth-order valence-electron chi connectivity index (χ4n) is 1.40. The number of carboxylic acids is 1. The molecule has 5 nitrogen and oxygen atoms in total. The lowest BCUT2D eigenvalue weighted by Gasteiger charge is -2.04. The first-order valence-corrected chi connectivity index (χ1v) is 5.29. The van der Waals surface area contributed by atoms with Gasteiger partial charge in [0.25, 0.3) is 0 Å². The van der Waals surface area contributed by atoms with E-state index in [1.54, 1.807) is 0 Å². The zero-order valence-electron chi connectivity index (χ0n) is 9.60. The summed E-state index contributed by atoms with van der Waals surface area (Å²) in [5.41, 5.74) is 0.934. The van der Waals surface area contributed by atoms with Crippen LogP contribution in [0, 0.1) is 11.6 Å². The van der Waals surface area contributed by atoms with Crippen LogP contribution in [0.25, 0.3) is 11.1 Å². The van der Waals surface area contributed by atoms with Crippen LogP contribution in [-0.2, 0) is 4.79 Å². The molecule has 0 unspecified atom stereocenters. The standard InChI is InChI=1S/C12H9F2N3O2/c13-9-2-1-7(3-10(9)14)8-4-15-12(16-5-8)17-6-11(18)19/h1-5H,6H2,(H,18,19)(H,15,16,17). The summed E-state index contributed by atoms with van der Waals surface area (Å²) < 4.78 is 25.8. The van der Waals surface area contributed by atoms with Crippen LogP contribution in [0.1, 0.15) is 0 Å². The lowest BCUT2D eigenvalue weighted by Crippen LogP contribution is -2.14. The molecule has 0 aliphatic heterocycles. The summed E-state index contributed by atoms with van der Waals surface area (Å²) in [6.45, 7) is -0.301. The molecule has 1 aromatic carbocycles. The third-order valence-corrected chi connectivity index (χ3v) is 2.30. The minimum absolute atomic E-state index is 0.147. The number of aromatic nitrogens is 2. The Labute approximate surface area is 106 Å². The number of nitrogens with zero attached hydrogens (tertiary/aromatic N) is 2. The number of rotatable bonds is 4. The van der Waals surface area contributed by atoms with Crippen molar-refractivity contribution in [2.24, 2.45) is 0 Å². The second-order valence-corrected chi connectivity index (χ2v) is 3.67. The van der Waals surface area contributed by atoms with Gasteiger partial charge in [0.1, 0.15) is 6.54 Å². The summed E-state index contributed by atoms with van der Waals surface area (Å²) >= 11 is 0. The zero-order valence-corrected chi connectivity index (χ0v) is 9.60. The lowest BCUT2D eigenvalue weighted by atomic mass is 10.1. The zero-order chi connectivity index (χ0) is 13.8. The largest absolute Gasteiger partial charge is 0.480 e. The van der Waals surface area contributed by atoms with Gasteiger partial charge in [-0.15, -0.1) is 0 Å². The highest BCUT2D eigenvalue weighted by Crippen LogP contribution is 2.20. The first-order valence-electron chi connectivity index (χ1n) is 5.29. The smallest absolute Gasteiger partial charge is 0.322 e. The highest BCUT2D eigenvalue weighted by atomic mass is 19.2. The van der Waals surface area contributed by atoms with E-state index in [0.717, 1.165) is 12.1 Å². The van der Waals surface area contributed by atoms with E-state index >= 15 is 0 Å². The monoisotopic (exact) mass is 265 g/mol. The van der Waals surface area contributed by atoms with E-state index in [9.17, 15) is 13.6 Å². The topological polar surface area (TPSA) is 75.1 Å². The molecule has 0 aliphatic carbocycles. The SMILES string of the molecule is O=C(O)CNc1ncc(-c2ccc(F)c(F)c2)cn1. The number of hydrogen-bond acceptors (Lipinski definition) is 4. The molecule has 2 rings (SSSR count). The van der Waals surface area contributed by atoms with Crippen LogP contribution in [0.5, 0.6) is 0 Å². The van der Waals surface area contributed by atoms with Crippen LogP contribution in [-0.4, -0.2) is 27.6 Å². The van der Waals surface area contributed by atoms with Crippen molar-refractivity contribution in [3.05, 3.63) is 42.2 Å². The predicted molar refractivity (Wildman–Crippen MR) is 63.5 cm³/mol. The quantitative estimate of drug-likeness (QED) is 0.883. The number of carbonyl (C=O) groups is 1. The van der Waals surface area contributed by atoms with Crippen LogP contribution in [0.2, 0.25) is 0 Å². The Hall–Kier alpha value is -2.57. The van der Waals surface area contributed by atoms with Crippen LogP contribution < -0.4 is 5.32 Å². The van der Waals surface area contributed by atoms with Gasteiger partial charge in [0.05, 0.1) is 0 Å². The minimum atomic E-state index is -1.03. The number of halogens is 2. The number of hydrogen-bond donors (Lipinski definition) is 2. The highest BCUT2D eigenvalue weighted by molar-refractivity contribution is 5.72. The summed E-state index contributed by atoms with van der Waals surface area (Å²) in [5.74, 6) is -2.77. The van der Waals surface area contributed by atoms with Crippen LogP contribution >= 0.6 is 0 Å². The van der Waals surface area contributed by atoms with Crippen LogP contribution in [0.4, 0.5) is 14.7 Å². The maximum absolute atomic E-state index is 13.1. The Morgan fingerprint density at radius 1 is 1.16 bits per heavy atom. The van der Waals surface area contributed by atoms with Gasteiger partial charge in [-0.25, -0.2) is 18.7 Å². The van der Waals surface area contributed by atoms with Crippen LogP contribution in [0.3, 0.4) is 0 Å². The van der Waals surface area contributed by atoms with Crippen molar-refractivity contribution in [3.8, 4) is 11.1 Å². The summed E-state index contributed by atoms with van der Waals surface area (Å²) in [5, 5.41) is 11.0. The Bertz CT molecular complexity index is 602. The summed E-state index contributed by atoms with van der Waals surface area (Å²) in [6.07, 6.45) is 2.79. The van der Waals surface area contributed by atoms with Gasteiger partial charge in [-0.3, -0.25) is 4.79 Å². The second-order valence-electron chi connectivity index (χ2n) is 3.67. The molecule has 1 aromatic heterocycles. The van der Waals surface area contributed by atoms with Gasteiger partial charge in [0.2, 0.25) is 5.95 Å². The molecule has 7 heteroatoms. The Morgan fingerprint density at radius 2 is 1.84 bits per heavy atom. The van der Waals surface area contributed by atoms with E-state index in [4.69, 9.17) is 5.11 Å². The maximum Gasteiger partial charge on any atom is 0.322 e. The number of benzene rings is 1. The van der Waals surface area contributed by atoms with Crippen molar-refractivity contribution in [1.29, 1.82) is 0 Å². The molecule has 0 aliphatic rings. The molecule has 0 saturated carbocycles. The molecule has 98 valence electrons. The first kappa shape index (κ1) is 12.9. The molecule has 0 bridgehead atoms. The highest BCUT2D eigenvalue weighted by Gasteiger charge is 2.06. The van der Waals surface area contributed by atoms with Crippen molar-refractivity contribution in [2.75, 3.05) is 11.9 Å². The van der Waals surface area contributed by atoms with Gasteiger partial charge < -0.3 is 10.4 Å². The van der Waals surface area contributed by atoms with E-state index in [2.05, 4.69) is 15.3 Å². The normalized spacial score (nSPS) is 10.2. The third-order valence-electron chi connectivity index (χ3n) is 2.30. The van der Waals surface area contributed by atoms with Crippen molar-refractivity contribution in [2.45, 2.75) is 0 Å². The average molecular weight is 265 g/mol. The van der Waals surface area contributed by atoms with Crippen molar-refractivity contribution in [3.63, 3.8) is 0 Å². The Balaban J connectivity index is 2.17. The van der Waals surface area contributed by atoms with Gasteiger partial charge in [-0.05, 0) is 17.7 Å². The van der Waals surface area contributed by atoms with E-state index in [1.807, 2.05) is 0 Å². The number of nitrogens with one attached hydrogen (secondary N) is 1. The first-order chi connectivity index (χ1) is 9.06.